The molecule has 0 spiro atoms. The first-order valence-electron chi connectivity index (χ1n) is 5.72. The molecule has 0 saturated carbocycles. The van der Waals surface area contributed by atoms with Crippen molar-refractivity contribution in [3.05, 3.63) is 52.0 Å². The summed E-state index contributed by atoms with van der Waals surface area (Å²) in [5.41, 5.74) is 5.47. The molecule has 0 atom stereocenters. The SMILES string of the molecule is COC(=O)c1cc(Oc2ccc(F)cc2Br)c(F)cc1N. The van der Waals surface area contributed by atoms with Crippen LogP contribution in [0.1, 0.15) is 10.4 Å². The summed E-state index contributed by atoms with van der Waals surface area (Å²) in [6.07, 6.45) is 0. The fraction of sp³-hybridized carbons (Fsp3) is 0.0714. The normalized spacial score (nSPS) is 10.3. The Morgan fingerprint density at radius 3 is 2.52 bits per heavy atom. The number of benzene rings is 2. The van der Waals surface area contributed by atoms with E-state index in [0.717, 1.165) is 18.2 Å². The number of esters is 1. The average molecular weight is 358 g/mol. The lowest BCUT2D eigenvalue weighted by Crippen LogP contribution is -2.07. The van der Waals surface area contributed by atoms with Crippen LogP contribution in [-0.2, 0) is 4.74 Å². The van der Waals surface area contributed by atoms with Gasteiger partial charge in [-0.25, -0.2) is 13.6 Å². The van der Waals surface area contributed by atoms with Crippen LogP contribution in [0, 0.1) is 11.6 Å². The Balaban J connectivity index is 2.42. The molecule has 4 nitrogen and oxygen atoms in total. The molecule has 2 aromatic carbocycles. The van der Waals surface area contributed by atoms with Gasteiger partial charge in [0.2, 0.25) is 0 Å². The summed E-state index contributed by atoms with van der Waals surface area (Å²) in [7, 11) is 1.18. The Bertz CT molecular complexity index is 707. The van der Waals surface area contributed by atoms with Crippen molar-refractivity contribution in [1.82, 2.24) is 0 Å². The fourth-order valence-corrected chi connectivity index (χ4v) is 2.04. The molecule has 2 N–H and O–H groups in total. The number of anilines is 1. The van der Waals surface area contributed by atoms with Gasteiger partial charge in [0.25, 0.3) is 0 Å². The minimum Gasteiger partial charge on any atom is -0.465 e. The fourth-order valence-electron chi connectivity index (χ4n) is 1.61. The van der Waals surface area contributed by atoms with Gasteiger partial charge in [-0.1, -0.05) is 0 Å². The van der Waals surface area contributed by atoms with E-state index in [4.69, 9.17) is 10.5 Å². The molecule has 0 aliphatic carbocycles. The van der Waals surface area contributed by atoms with E-state index in [1.54, 1.807) is 0 Å². The van der Waals surface area contributed by atoms with Gasteiger partial charge >= 0.3 is 5.97 Å². The second kappa shape index (κ2) is 6.09. The lowest BCUT2D eigenvalue weighted by molar-refractivity contribution is 0.0601. The highest BCUT2D eigenvalue weighted by atomic mass is 79.9. The number of hydrogen-bond acceptors (Lipinski definition) is 4. The summed E-state index contributed by atoms with van der Waals surface area (Å²) >= 11 is 3.10. The molecule has 0 unspecified atom stereocenters. The van der Waals surface area contributed by atoms with E-state index in [2.05, 4.69) is 20.7 Å². The summed E-state index contributed by atoms with van der Waals surface area (Å²) in [4.78, 5) is 11.5. The maximum Gasteiger partial charge on any atom is 0.340 e. The van der Waals surface area contributed by atoms with E-state index in [-0.39, 0.29) is 22.7 Å². The minimum absolute atomic E-state index is 0.0212. The molecule has 0 amide bonds. The van der Waals surface area contributed by atoms with Gasteiger partial charge in [-0.05, 0) is 34.1 Å². The predicted molar refractivity (Wildman–Crippen MR) is 76.3 cm³/mol. The van der Waals surface area contributed by atoms with Crippen molar-refractivity contribution >= 4 is 27.6 Å². The number of ether oxygens (including phenoxy) is 2. The van der Waals surface area contributed by atoms with Crippen LogP contribution in [0.5, 0.6) is 11.5 Å². The molecule has 0 bridgehead atoms. The number of carbonyl (C=O) groups excluding carboxylic acids is 1. The highest BCUT2D eigenvalue weighted by molar-refractivity contribution is 9.10. The lowest BCUT2D eigenvalue weighted by Gasteiger charge is -2.11. The first-order valence-corrected chi connectivity index (χ1v) is 6.52. The molecule has 21 heavy (non-hydrogen) atoms. The Kier molecular flexibility index (Phi) is 4.42. The third-order valence-corrected chi connectivity index (χ3v) is 3.24. The Labute approximate surface area is 127 Å². The number of methoxy groups -OCH3 is 1. The second-order valence-electron chi connectivity index (χ2n) is 4.04. The van der Waals surface area contributed by atoms with E-state index in [1.807, 2.05) is 0 Å². The Morgan fingerprint density at radius 2 is 1.90 bits per heavy atom. The van der Waals surface area contributed by atoms with Gasteiger partial charge in [0.15, 0.2) is 11.6 Å². The van der Waals surface area contributed by atoms with Crippen molar-refractivity contribution in [2.45, 2.75) is 0 Å². The van der Waals surface area contributed by atoms with Crippen LogP contribution < -0.4 is 10.5 Å². The average Bonchev–Trinajstić information content (AvgIpc) is 2.43. The van der Waals surface area contributed by atoms with Crippen LogP contribution in [0.25, 0.3) is 0 Å². The van der Waals surface area contributed by atoms with Crippen molar-refractivity contribution in [3.8, 4) is 11.5 Å². The maximum atomic E-state index is 13.8. The van der Waals surface area contributed by atoms with Crippen molar-refractivity contribution in [3.63, 3.8) is 0 Å². The molecule has 0 radical (unpaired) electrons. The molecular weight excluding hydrogens is 348 g/mol. The summed E-state index contributed by atoms with van der Waals surface area (Å²) in [6.45, 7) is 0. The van der Waals surface area contributed by atoms with E-state index in [1.165, 1.54) is 19.2 Å². The van der Waals surface area contributed by atoms with Gasteiger partial charge in [0, 0.05) is 17.8 Å². The number of carbonyl (C=O) groups is 1. The van der Waals surface area contributed by atoms with Crippen LogP contribution in [0.15, 0.2) is 34.8 Å². The molecular formula is C14H10BrF2NO3. The standard InChI is InChI=1S/C14H10BrF2NO3/c1-20-14(19)8-5-13(10(17)6-11(8)18)21-12-3-2-7(16)4-9(12)15/h2-6H,18H2,1H3. The zero-order valence-corrected chi connectivity index (χ0v) is 12.4. The van der Waals surface area contributed by atoms with Crippen LogP contribution in [0.2, 0.25) is 0 Å². The van der Waals surface area contributed by atoms with Crippen molar-refractivity contribution in [1.29, 1.82) is 0 Å². The molecule has 2 aromatic rings. The molecule has 2 rings (SSSR count). The van der Waals surface area contributed by atoms with Gasteiger partial charge in [-0.2, -0.15) is 0 Å². The van der Waals surface area contributed by atoms with Crippen molar-refractivity contribution < 1.29 is 23.0 Å². The van der Waals surface area contributed by atoms with Crippen LogP contribution in [-0.4, -0.2) is 13.1 Å². The summed E-state index contributed by atoms with van der Waals surface area (Å²) in [6, 6.07) is 5.75. The second-order valence-corrected chi connectivity index (χ2v) is 4.89. The highest BCUT2D eigenvalue weighted by Gasteiger charge is 2.17. The van der Waals surface area contributed by atoms with Crippen LogP contribution in [0.4, 0.5) is 14.5 Å². The van der Waals surface area contributed by atoms with Crippen molar-refractivity contribution in [2.75, 3.05) is 12.8 Å². The molecule has 0 aromatic heterocycles. The van der Waals surface area contributed by atoms with Gasteiger partial charge in [-0.3, -0.25) is 0 Å². The largest absolute Gasteiger partial charge is 0.465 e. The lowest BCUT2D eigenvalue weighted by atomic mass is 10.1. The molecule has 0 heterocycles. The first-order chi connectivity index (χ1) is 9.92. The molecule has 0 aliphatic heterocycles. The third-order valence-electron chi connectivity index (χ3n) is 2.62. The third kappa shape index (κ3) is 3.30. The summed E-state index contributed by atoms with van der Waals surface area (Å²) in [5.74, 6) is -1.97. The van der Waals surface area contributed by atoms with Crippen LogP contribution in [0.3, 0.4) is 0 Å². The molecule has 110 valence electrons. The highest BCUT2D eigenvalue weighted by Crippen LogP contribution is 2.33. The monoisotopic (exact) mass is 357 g/mol. The number of nitrogens with two attached hydrogens (primary N) is 1. The van der Waals surface area contributed by atoms with E-state index < -0.39 is 17.6 Å². The zero-order chi connectivity index (χ0) is 15.6. The van der Waals surface area contributed by atoms with Gasteiger partial charge in [0.05, 0.1) is 17.1 Å². The smallest absolute Gasteiger partial charge is 0.340 e. The number of rotatable bonds is 3. The minimum atomic E-state index is -0.753. The molecule has 0 aliphatic rings. The van der Waals surface area contributed by atoms with Crippen molar-refractivity contribution in [2.24, 2.45) is 0 Å². The van der Waals surface area contributed by atoms with Gasteiger partial charge in [0.1, 0.15) is 11.6 Å². The van der Waals surface area contributed by atoms with Gasteiger partial charge < -0.3 is 15.2 Å². The maximum absolute atomic E-state index is 13.8. The van der Waals surface area contributed by atoms with E-state index >= 15 is 0 Å². The van der Waals surface area contributed by atoms with Gasteiger partial charge in [-0.15, -0.1) is 0 Å². The Hall–Kier alpha value is -2.15. The number of halogens is 3. The quantitative estimate of drug-likeness (QED) is 0.668. The van der Waals surface area contributed by atoms with Crippen LogP contribution >= 0.6 is 15.9 Å². The molecule has 7 heteroatoms. The number of nitrogen functional groups attached to an aromatic ring is 1. The first kappa shape index (κ1) is 15.2. The Morgan fingerprint density at radius 1 is 1.19 bits per heavy atom. The molecule has 0 saturated heterocycles. The van der Waals surface area contributed by atoms with E-state index in [0.29, 0.717) is 4.47 Å². The topological polar surface area (TPSA) is 61.5 Å². The molecule has 0 fully saturated rings. The number of hydrogen-bond donors (Lipinski definition) is 1. The van der Waals surface area contributed by atoms with E-state index in [9.17, 15) is 13.6 Å². The predicted octanol–water partition coefficient (Wildman–Crippen LogP) is 3.89. The summed E-state index contributed by atoms with van der Waals surface area (Å²) < 4.78 is 37.0. The summed E-state index contributed by atoms with van der Waals surface area (Å²) in [5, 5.41) is 0. The zero-order valence-electron chi connectivity index (χ0n) is 10.8.